The maximum Gasteiger partial charge on any atom is 0.159 e. The summed E-state index contributed by atoms with van der Waals surface area (Å²) >= 11 is 0. The van der Waals surface area contributed by atoms with Gasteiger partial charge in [0.25, 0.3) is 0 Å². The molecule has 7 unspecified atom stereocenters. The molecule has 10 atom stereocenters. The number of allylic oxidation sites excluding steroid dienone is 2. The van der Waals surface area contributed by atoms with Gasteiger partial charge in [-0.05, 0) is 191 Å². The molecule has 8 aliphatic carbocycles. The van der Waals surface area contributed by atoms with Crippen molar-refractivity contribution in [2.24, 2.45) is 41.4 Å². The molecule has 70 heavy (non-hydrogen) atoms. The first kappa shape index (κ1) is 39.2. The molecule has 0 N–H and O–H groups in total. The van der Waals surface area contributed by atoms with E-state index in [9.17, 15) is 0 Å². The van der Waals surface area contributed by atoms with E-state index in [1.807, 2.05) is 0 Å². The molecule has 2 spiro atoms. The van der Waals surface area contributed by atoms with Crippen molar-refractivity contribution in [3.05, 3.63) is 167 Å². The molecule has 0 amide bonds. The lowest BCUT2D eigenvalue weighted by molar-refractivity contribution is 0.160. The van der Waals surface area contributed by atoms with E-state index in [1.165, 1.54) is 90.2 Å². The van der Waals surface area contributed by atoms with E-state index in [-0.39, 0.29) is 16.9 Å². The average molecular weight is 911 g/mol. The Morgan fingerprint density at radius 3 is 2.29 bits per heavy atom. The minimum Gasteiger partial charge on any atom is -0.456 e. The molecule has 0 saturated heterocycles. The quantitative estimate of drug-likeness (QED) is 0.176. The highest BCUT2D eigenvalue weighted by atomic mass is 16.3. The summed E-state index contributed by atoms with van der Waals surface area (Å²) in [4.78, 5) is 4.85. The minimum atomic E-state index is 0.143. The standard InChI is InChI=1S/C66H58N2O2/c1-36-26-37-16-19-41(27-37)65(36)53-13-7-4-10-46(53)50-34-45(22-24-56(50)65)68(3)58-35-61-62(63-48-12-6-9-15-59(48)70-64(58)63)52-30-38-17-20-43(29-40(38)31-60(52)69-61)67(2)44-21-25-57-51(33-44)47-11-5-8-14-54(47)66(57)42-28-39-18-23-55(66)49(39)32-42/h4-15,17,20-22,24-25,29-31,33,35-37,39,41-42,45,49,55H,16,18-19,23,26-28,32,34H2,1-3H3/t36-,37?,39?,41-,42+,45?,49?,55?,65?,66?/m0/s1. The van der Waals surface area contributed by atoms with Crippen molar-refractivity contribution in [3.8, 4) is 11.1 Å². The molecule has 8 aliphatic rings. The number of anilines is 3. The predicted octanol–water partition coefficient (Wildman–Crippen LogP) is 16.7. The second-order valence-electron chi connectivity index (χ2n) is 23.6. The molecule has 344 valence electrons. The van der Waals surface area contributed by atoms with Gasteiger partial charge in [0.05, 0.1) is 11.7 Å². The van der Waals surface area contributed by atoms with Crippen molar-refractivity contribution in [1.29, 1.82) is 0 Å². The molecule has 4 heteroatoms. The van der Waals surface area contributed by atoms with Gasteiger partial charge >= 0.3 is 0 Å². The Kier molecular flexibility index (Phi) is 7.54. The number of furan rings is 2. The number of benzene rings is 7. The smallest absolute Gasteiger partial charge is 0.159 e. The van der Waals surface area contributed by atoms with Gasteiger partial charge < -0.3 is 18.6 Å². The van der Waals surface area contributed by atoms with Crippen LogP contribution in [0.25, 0.3) is 71.3 Å². The van der Waals surface area contributed by atoms with E-state index in [0.717, 1.165) is 91.5 Å². The van der Waals surface area contributed by atoms with E-state index in [1.54, 1.807) is 27.8 Å². The zero-order valence-electron chi connectivity index (χ0n) is 40.5. The molecule has 4 bridgehead atoms. The second kappa shape index (κ2) is 13.5. The van der Waals surface area contributed by atoms with Gasteiger partial charge in [-0.2, -0.15) is 0 Å². The van der Waals surface area contributed by atoms with Crippen LogP contribution < -0.4 is 9.80 Å². The van der Waals surface area contributed by atoms with Gasteiger partial charge in [-0.3, -0.25) is 0 Å². The minimum absolute atomic E-state index is 0.143. The Balaban J connectivity index is 0.752. The fourth-order valence-electron chi connectivity index (χ4n) is 18.5. The Morgan fingerprint density at radius 2 is 1.37 bits per heavy atom. The van der Waals surface area contributed by atoms with Crippen LogP contribution in [0.3, 0.4) is 0 Å². The van der Waals surface area contributed by atoms with Crippen LogP contribution in [0.5, 0.6) is 0 Å². The Hall–Kier alpha value is -6.52. The molecule has 7 aromatic carbocycles. The van der Waals surface area contributed by atoms with E-state index < -0.39 is 0 Å². The van der Waals surface area contributed by atoms with Crippen molar-refractivity contribution in [2.75, 3.05) is 23.9 Å². The number of rotatable bonds is 4. The molecule has 5 fully saturated rings. The maximum absolute atomic E-state index is 7.04. The number of likely N-dealkylation sites (N-methyl/N-ethyl adjacent to an activating group) is 1. The fraction of sp³-hybridized carbons (Fsp3) is 0.333. The van der Waals surface area contributed by atoms with Crippen molar-refractivity contribution in [2.45, 2.75) is 81.6 Å². The van der Waals surface area contributed by atoms with Crippen LogP contribution in [-0.4, -0.2) is 20.1 Å². The molecular formula is C66H58N2O2. The Morgan fingerprint density at radius 1 is 0.571 bits per heavy atom. The van der Waals surface area contributed by atoms with Gasteiger partial charge in [-0.15, -0.1) is 0 Å². The molecule has 5 saturated carbocycles. The summed E-state index contributed by atoms with van der Waals surface area (Å²) in [6.07, 6.45) is 17.2. The topological polar surface area (TPSA) is 32.8 Å². The lowest BCUT2D eigenvalue weighted by Crippen LogP contribution is -2.44. The van der Waals surface area contributed by atoms with E-state index in [4.69, 9.17) is 8.83 Å². The lowest BCUT2D eigenvalue weighted by atomic mass is 9.55. The van der Waals surface area contributed by atoms with Crippen LogP contribution in [-0.2, 0) is 10.8 Å². The van der Waals surface area contributed by atoms with Crippen LogP contribution in [0.1, 0.15) is 87.0 Å². The second-order valence-corrected chi connectivity index (χ2v) is 23.6. The van der Waals surface area contributed by atoms with E-state index in [0.29, 0.717) is 5.92 Å². The Bertz CT molecular complexity index is 3860. The van der Waals surface area contributed by atoms with Gasteiger partial charge in [0.1, 0.15) is 16.7 Å². The third kappa shape index (κ3) is 4.67. The third-order valence-corrected chi connectivity index (χ3v) is 21.1. The van der Waals surface area contributed by atoms with E-state index >= 15 is 0 Å². The first-order valence-electron chi connectivity index (χ1n) is 26.8. The first-order valence-corrected chi connectivity index (χ1v) is 26.8. The summed E-state index contributed by atoms with van der Waals surface area (Å²) in [5.41, 5.74) is 19.9. The number of hydrogen-bond donors (Lipinski definition) is 0. The van der Waals surface area contributed by atoms with Gasteiger partial charge in [-0.1, -0.05) is 104 Å². The highest BCUT2D eigenvalue weighted by Crippen LogP contribution is 2.74. The summed E-state index contributed by atoms with van der Waals surface area (Å²) in [5, 5.41) is 6.91. The van der Waals surface area contributed by atoms with Gasteiger partial charge in [0.2, 0.25) is 0 Å². The van der Waals surface area contributed by atoms with Crippen LogP contribution in [0.2, 0.25) is 0 Å². The van der Waals surface area contributed by atoms with E-state index in [2.05, 4.69) is 170 Å². The molecule has 9 aromatic rings. The fourth-order valence-corrected chi connectivity index (χ4v) is 18.5. The SMILES string of the molecule is C[C@H]1CC2CC[C@@H](C2)C12C1=C(CC(N(C)c3cc4oc5cc6cc(N(C)c7ccc8c(c7)-c7ccccc7C87C8CCC9C[C@@H]7CC98)ccc6cc5c4c4c3oc3ccccc34)C=C1)c1ccccc12. The molecule has 4 nitrogen and oxygen atoms in total. The summed E-state index contributed by atoms with van der Waals surface area (Å²) in [6, 6.07) is 48.9. The molecule has 2 heterocycles. The van der Waals surface area contributed by atoms with Crippen LogP contribution in [0, 0.1) is 41.4 Å². The highest BCUT2D eigenvalue weighted by molar-refractivity contribution is 6.29. The summed E-state index contributed by atoms with van der Waals surface area (Å²) < 4.78 is 14.0. The zero-order valence-corrected chi connectivity index (χ0v) is 40.5. The van der Waals surface area contributed by atoms with Crippen LogP contribution in [0.4, 0.5) is 17.1 Å². The number of fused-ring (bicyclic) bond motifs is 23. The highest BCUT2D eigenvalue weighted by Gasteiger charge is 2.67. The van der Waals surface area contributed by atoms with Crippen molar-refractivity contribution >= 4 is 77.3 Å². The Labute approximate surface area is 409 Å². The molecule has 0 radical (unpaired) electrons. The van der Waals surface area contributed by atoms with Gasteiger partial charge in [-0.25, -0.2) is 0 Å². The largest absolute Gasteiger partial charge is 0.456 e. The van der Waals surface area contributed by atoms with Crippen LogP contribution >= 0.6 is 0 Å². The van der Waals surface area contributed by atoms with Crippen molar-refractivity contribution in [3.63, 3.8) is 0 Å². The van der Waals surface area contributed by atoms with Crippen LogP contribution in [0.15, 0.2) is 154 Å². The molecular weight excluding hydrogens is 853 g/mol. The molecule has 0 aliphatic heterocycles. The number of nitrogens with zero attached hydrogens (tertiary/aromatic N) is 2. The normalized spacial score (nSPS) is 30.6. The van der Waals surface area contributed by atoms with Gasteiger partial charge in [0, 0.05) is 63.9 Å². The summed E-state index contributed by atoms with van der Waals surface area (Å²) in [5.74, 6) is 5.76. The molecule has 17 rings (SSSR count). The zero-order chi connectivity index (χ0) is 45.9. The summed E-state index contributed by atoms with van der Waals surface area (Å²) in [7, 11) is 4.50. The van der Waals surface area contributed by atoms with Crippen molar-refractivity contribution in [1.82, 2.24) is 0 Å². The van der Waals surface area contributed by atoms with Gasteiger partial charge in [0.15, 0.2) is 5.58 Å². The molecule has 2 aromatic heterocycles. The lowest BCUT2D eigenvalue weighted by Gasteiger charge is -2.48. The van der Waals surface area contributed by atoms with Crippen molar-refractivity contribution < 1.29 is 8.83 Å². The first-order chi connectivity index (χ1) is 34.4. The predicted molar refractivity (Wildman–Crippen MR) is 287 cm³/mol. The maximum atomic E-state index is 7.04. The average Bonchev–Trinajstić information content (AvgIpc) is 4.29. The monoisotopic (exact) mass is 910 g/mol. The summed E-state index contributed by atoms with van der Waals surface area (Å²) in [6.45, 7) is 2.56. The number of para-hydroxylation sites is 1. The number of hydrogen-bond acceptors (Lipinski definition) is 4. The third-order valence-electron chi connectivity index (χ3n) is 21.1.